The Bertz CT molecular complexity index is 3050. The summed E-state index contributed by atoms with van der Waals surface area (Å²) in [6.07, 6.45) is 1.76. The summed E-state index contributed by atoms with van der Waals surface area (Å²) in [5.74, 6) is 0. The molecule has 3 nitrogen and oxygen atoms in total. The molecule has 0 atom stereocenters. The van der Waals surface area contributed by atoms with Gasteiger partial charge in [-0.1, -0.05) is 115 Å². The summed E-state index contributed by atoms with van der Waals surface area (Å²) in [7, 11) is 0. The summed E-state index contributed by atoms with van der Waals surface area (Å²) in [6, 6.07) is 56.7. The first-order chi connectivity index (χ1) is 24.3. The third kappa shape index (κ3) is 3.67. The number of benzene rings is 8. The fourth-order valence-corrected chi connectivity index (χ4v) is 8.23. The van der Waals surface area contributed by atoms with Gasteiger partial charge in [-0.2, -0.15) is 0 Å². The highest BCUT2D eigenvalue weighted by atomic mass is 16.4. The Morgan fingerprint density at radius 1 is 0.429 bits per heavy atom. The molecule has 0 aliphatic carbocycles. The summed E-state index contributed by atoms with van der Waals surface area (Å²) in [6.45, 7) is 0. The largest absolute Gasteiger partial charge is 0.460 e. The van der Waals surface area contributed by atoms with Crippen molar-refractivity contribution in [3.8, 4) is 27.9 Å². The van der Waals surface area contributed by atoms with E-state index in [0.29, 0.717) is 0 Å². The third-order valence-corrected chi connectivity index (χ3v) is 10.2. The van der Waals surface area contributed by atoms with Crippen LogP contribution in [0.4, 0.5) is 0 Å². The number of furan rings is 2. The zero-order valence-electron chi connectivity index (χ0n) is 26.4. The Morgan fingerprint density at radius 2 is 1.04 bits per heavy atom. The van der Waals surface area contributed by atoms with E-state index in [0.717, 1.165) is 44.2 Å². The molecular weight excluding hydrogens is 599 g/mol. The van der Waals surface area contributed by atoms with Gasteiger partial charge in [-0.15, -0.1) is 0 Å². The maximum Gasteiger partial charge on any atom is 0.179 e. The van der Waals surface area contributed by atoms with E-state index in [-0.39, 0.29) is 0 Å². The minimum atomic E-state index is 0.780. The second-order valence-electron chi connectivity index (χ2n) is 12.8. The molecule has 8 aromatic carbocycles. The molecule has 3 heteroatoms. The van der Waals surface area contributed by atoms with Gasteiger partial charge in [0.25, 0.3) is 0 Å². The summed E-state index contributed by atoms with van der Waals surface area (Å²) < 4.78 is 14.9. The normalized spacial score (nSPS) is 12.1. The highest BCUT2D eigenvalue weighted by molar-refractivity contribution is 6.28. The molecule has 0 radical (unpaired) electrons. The summed E-state index contributed by atoms with van der Waals surface area (Å²) >= 11 is 0. The predicted molar refractivity (Wildman–Crippen MR) is 204 cm³/mol. The standard InChI is InChI=1S/C46H27NO2/c1-2-12-30(13-3-1)47-39-20-10-8-14-31(39)32-23-22-28(27-40(32)47)42-33-15-4-6-17-35(33)43(36-18-7-5-16-34(36)42)38-26-29-24-25-48-45(29)46-44(38)37-19-9-11-21-41(37)49-46/h1-27H. The van der Waals surface area contributed by atoms with Crippen LogP contribution < -0.4 is 0 Å². The maximum absolute atomic E-state index is 6.52. The zero-order chi connectivity index (χ0) is 32.1. The molecule has 11 rings (SSSR count). The average Bonchev–Trinajstić information content (AvgIpc) is 3.88. The average molecular weight is 626 g/mol. The number of para-hydroxylation sites is 3. The SMILES string of the molecule is c1ccc(-n2c3ccccc3c3ccc(-c4c5ccccc5c(-c5cc6ccoc6c6oc7ccccc7c56)c5ccccc45)cc32)cc1. The molecule has 0 aliphatic heterocycles. The van der Waals surface area contributed by atoms with E-state index in [9.17, 15) is 0 Å². The lowest BCUT2D eigenvalue weighted by molar-refractivity contribution is 0.600. The van der Waals surface area contributed by atoms with Crippen LogP contribution in [0.25, 0.3) is 104 Å². The number of rotatable bonds is 3. The summed E-state index contributed by atoms with van der Waals surface area (Å²) in [5, 5.41) is 10.5. The monoisotopic (exact) mass is 625 g/mol. The topological polar surface area (TPSA) is 31.2 Å². The van der Waals surface area contributed by atoms with Crippen molar-refractivity contribution in [2.24, 2.45) is 0 Å². The Morgan fingerprint density at radius 3 is 1.80 bits per heavy atom. The van der Waals surface area contributed by atoms with Gasteiger partial charge < -0.3 is 13.4 Å². The van der Waals surface area contributed by atoms with Gasteiger partial charge in [0.1, 0.15) is 5.58 Å². The third-order valence-electron chi connectivity index (χ3n) is 10.2. The molecule has 3 aromatic heterocycles. The van der Waals surface area contributed by atoms with Crippen LogP contribution in [-0.4, -0.2) is 4.57 Å². The van der Waals surface area contributed by atoms with Crippen molar-refractivity contribution in [3.63, 3.8) is 0 Å². The van der Waals surface area contributed by atoms with Crippen molar-refractivity contribution in [2.45, 2.75) is 0 Å². The van der Waals surface area contributed by atoms with Gasteiger partial charge in [0.15, 0.2) is 11.2 Å². The Balaban J connectivity index is 1.28. The van der Waals surface area contributed by atoms with E-state index >= 15 is 0 Å². The van der Waals surface area contributed by atoms with Crippen molar-refractivity contribution in [3.05, 3.63) is 164 Å². The minimum absolute atomic E-state index is 0.780. The first-order valence-corrected chi connectivity index (χ1v) is 16.7. The highest BCUT2D eigenvalue weighted by Crippen LogP contribution is 2.49. The van der Waals surface area contributed by atoms with Crippen LogP contribution in [0, 0.1) is 0 Å². The molecule has 0 fully saturated rings. The Hall–Kier alpha value is -6.58. The van der Waals surface area contributed by atoms with E-state index in [1.165, 1.54) is 60.0 Å². The zero-order valence-corrected chi connectivity index (χ0v) is 26.4. The molecule has 228 valence electrons. The van der Waals surface area contributed by atoms with Gasteiger partial charge in [-0.05, 0) is 86.3 Å². The predicted octanol–water partition coefficient (Wildman–Crippen LogP) is 13.1. The lowest BCUT2D eigenvalue weighted by Gasteiger charge is -2.18. The lowest BCUT2D eigenvalue weighted by Crippen LogP contribution is -1.94. The number of aromatic nitrogens is 1. The number of hydrogen-bond acceptors (Lipinski definition) is 2. The molecule has 3 heterocycles. The second kappa shape index (κ2) is 9.96. The van der Waals surface area contributed by atoms with Gasteiger partial charge in [-0.3, -0.25) is 0 Å². The Labute approximate surface area is 280 Å². The molecule has 0 bridgehead atoms. The van der Waals surface area contributed by atoms with Crippen LogP contribution in [-0.2, 0) is 0 Å². The van der Waals surface area contributed by atoms with Crippen molar-refractivity contribution in [1.29, 1.82) is 0 Å². The number of hydrogen-bond donors (Lipinski definition) is 0. The van der Waals surface area contributed by atoms with Gasteiger partial charge >= 0.3 is 0 Å². The molecule has 11 aromatic rings. The summed E-state index contributed by atoms with van der Waals surface area (Å²) in [5.41, 5.74) is 10.8. The Kier molecular flexibility index (Phi) is 5.38. The fourth-order valence-electron chi connectivity index (χ4n) is 8.23. The van der Waals surface area contributed by atoms with E-state index < -0.39 is 0 Å². The van der Waals surface area contributed by atoms with Crippen LogP contribution in [0.15, 0.2) is 173 Å². The van der Waals surface area contributed by atoms with Gasteiger partial charge in [0.05, 0.1) is 17.3 Å². The van der Waals surface area contributed by atoms with Gasteiger partial charge in [-0.25, -0.2) is 0 Å². The van der Waals surface area contributed by atoms with Crippen molar-refractivity contribution in [2.75, 3.05) is 0 Å². The second-order valence-corrected chi connectivity index (χ2v) is 12.8. The van der Waals surface area contributed by atoms with Crippen LogP contribution in [0.1, 0.15) is 0 Å². The molecule has 0 unspecified atom stereocenters. The molecule has 0 aliphatic rings. The molecule has 0 spiro atoms. The van der Waals surface area contributed by atoms with Crippen LogP contribution in [0.3, 0.4) is 0 Å². The van der Waals surface area contributed by atoms with Crippen LogP contribution in [0.2, 0.25) is 0 Å². The van der Waals surface area contributed by atoms with Crippen LogP contribution >= 0.6 is 0 Å². The van der Waals surface area contributed by atoms with Crippen LogP contribution in [0.5, 0.6) is 0 Å². The smallest absolute Gasteiger partial charge is 0.179 e. The fraction of sp³-hybridized carbons (Fsp3) is 0. The first-order valence-electron chi connectivity index (χ1n) is 16.7. The van der Waals surface area contributed by atoms with Gasteiger partial charge in [0.2, 0.25) is 0 Å². The van der Waals surface area contributed by atoms with Gasteiger partial charge in [0, 0.05) is 32.6 Å². The lowest BCUT2D eigenvalue weighted by atomic mass is 9.84. The number of fused-ring (bicyclic) bond motifs is 10. The van der Waals surface area contributed by atoms with E-state index in [2.05, 4.69) is 144 Å². The molecule has 0 amide bonds. The van der Waals surface area contributed by atoms with E-state index in [1.54, 1.807) is 6.26 Å². The van der Waals surface area contributed by atoms with E-state index in [1.807, 2.05) is 18.2 Å². The first kappa shape index (κ1) is 26.5. The number of nitrogens with zero attached hydrogens (tertiary/aromatic N) is 1. The maximum atomic E-state index is 6.52. The van der Waals surface area contributed by atoms with Crippen molar-refractivity contribution < 1.29 is 8.83 Å². The van der Waals surface area contributed by atoms with Crippen molar-refractivity contribution >= 4 is 76.3 Å². The van der Waals surface area contributed by atoms with E-state index in [4.69, 9.17) is 8.83 Å². The quantitative estimate of drug-likeness (QED) is 0.183. The highest BCUT2D eigenvalue weighted by Gasteiger charge is 2.23. The molecule has 0 N–H and O–H groups in total. The molecule has 0 saturated carbocycles. The molecule has 49 heavy (non-hydrogen) atoms. The summed E-state index contributed by atoms with van der Waals surface area (Å²) in [4.78, 5) is 0. The molecular formula is C46H27NO2. The minimum Gasteiger partial charge on any atom is -0.460 e. The molecule has 0 saturated heterocycles. The van der Waals surface area contributed by atoms with Crippen molar-refractivity contribution in [1.82, 2.24) is 4.57 Å².